The predicted octanol–water partition coefficient (Wildman–Crippen LogP) is 3.72. The Hall–Kier alpha value is -4.53. The molecule has 0 saturated heterocycles. The first kappa shape index (κ1) is 26.1. The van der Waals surface area contributed by atoms with Crippen LogP contribution in [-0.4, -0.2) is 37.5 Å². The van der Waals surface area contributed by atoms with Crippen molar-refractivity contribution in [1.29, 1.82) is 0 Å². The van der Waals surface area contributed by atoms with Gasteiger partial charge in [-0.3, -0.25) is 25.2 Å². The number of amides is 3. The van der Waals surface area contributed by atoms with Crippen molar-refractivity contribution in [2.24, 2.45) is 0 Å². The summed E-state index contributed by atoms with van der Waals surface area (Å²) in [5, 5.41) is 2.71. The third-order valence-electron chi connectivity index (χ3n) is 4.83. The van der Waals surface area contributed by atoms with Gasteiger partial charge in [0.2, 0.25) is 11.8 Å². The van der Waals surface area contributed by atoms with Crippen LogP contribution < -0.4 is 30.4 Å². The molecule has 0 aliphatic rings. The van der Waals surface area contributed by atoms with Gasteiger partial charge < -0.3 is 19.5 Å². The van der Waals surface area contributed by atoms with Gasteiger partial charge in [-0.2, -0.15) is 0 Å². The third-order valence-corrected chi connectivity index (χ3v) is 4.83. The molecule has 3 rings (SSSR count). The van der Waals surface area contributed by atoms with Crippen LogP contribution in [-0.2, 0) is 9.59 Å². The number of carbonyl (C=O) groups excluding carboxylic acids is 3. The van der Waals surface area contributed by atoms with Crippen molar-refractivity contribution < 1.29 is 28.6 Å². The molecule has 0 saturated carbocycles. The van der Waals surface area contributed by atoms with Gasteiger partial charge in [0.25, 0.3) is 5.91 Å². The molecule has 3 amide bonds. The highest BCUT2D eigenvalue weighted by molar-refractivity contribution is 5.98. The van der Waals surface area contributed by atoms with Crippen molar-refractivity contribution in [3.05, 3.63) is 84.4 Å². The van der Waals surface area contributed by atoms with Crippen LogP contribution in [0, 0.1) is 0 Å². The molecule has 36 heavy (non-hydrogen) atoms. The quantitative estimate of drug-likeness (QED) is 0.263. The average Bonchev–Trinajstić information content (AvgIpc) is 2.90. The minimum Gasteiger partial charge on any atom is -0.494 e. The summed E-state index contributed by atoms with van der Waals surface area (Å²) < 4.78 is 16.6. The van der Waals surface area contributed by atoms with E-state index in [1.165, 1.54) is 0 Å². The lowest BCUT2D eigenvalue weighted by atomic mass is 10.2. The molecule has 0 aliphatic carbocycles. The zero-order valence-electron chi connectivity index (χ0n) is 20.0. The van der Waals surface area contributed by atoms with Gasteiger partial charge in [-0.05, 0) is 55.5 Å². The Balaban J connectivity index is 1.38. The van der Waals surface area contributed by atoms with E-state index in [-0.39, 0.29) is 30.9 Å². The number of hydrogen-bond acceptors (Lipinski definition) is 6. The Bertz CT molecular complexity index is 1140. The SMILES string of the molecule is CCOc1ccc(NC(=O)CCC(=O)NNC(=O)c2ccccc2OCCOc2ccccc2)cc1. The summed E-state index contributed by atoms with van der Waals surface area (Å²) in [5.41, 5.74) is 5.53. The first-order valence-electron chi connectivity index (χ1n) is 11.6. The van der Waals surface area contributed by atoms with Gasteiger partial charge in [-0.1, -0.05) is 30.3 Å². The molecular weight excluding hydrogens is 462 g/mol. The van der Waals surface area contributed by atoms with Crippen molar-refractivity contribution in [3.8, 4) is 17.2 Å². The highest BCUT2D eigenvalue weighted by Crippen LogP contribution is 2.18. The highest BCUT2D eigenvalue weighted by Gasteiger charge is 2.14. The average molecular weight is 492 g/mol. The summed E-state index contributed by atoms with van der Waals surface area (Å²) in [4.78, 5) is 36.8. The molecule has 0 bridgehead atoms. The Labute approximate surface area is 209 Å². The summed E-state index contributed by atoms with van der Waals surface area (Å²) in [6.07, 6.45) is -0.145. The number of ether oxygens (including phenoxy) is 3. The molecule has 0 aromatic heterocycles. The number of nitrogens with one attached hydrogen (secondary N) is 3. The van der Waals surface area contributed by atoms with Crippen LogP contribution in [0.1, 0.15) is 30.1 Å². The lowest BCUT2D eigenvalue weighted by Gasteiger charge is -2.13. The van der Waals surface area contributed by atoms with E-state index in [0.717, 1.165) is 5.75 Å². The fourth-order valence-electron chi connectivity index (χ4n) is 3.12. The molecule has 3 aromatic rings. The first-order chi connectivity index (χ1) is 17.5. The Morgan fingerprint density at radius 2 is 1.31 bits per heavy atom. The fourth-order valence-corrected chi connectivity index (χ4v) is 3.12. The molecule has 0 heterocycles. The van der Waals surface area contributed by atoms with Crippen LogP contribution in [0.2, 0.25) is 0 Å². The number of benzene rings is 3. The Morgan fingerprint density at radius 3 is 2.06 bits per heavy atom. The molecule has 0 radical (unpaired) electrons. The van der Waals surface area contributed by atoms with E-state index in [0.29, 0.717) is 30.4 Å². The molecule has 3 aromatic carbocycles. The minimum absolute atomic E-state index is 0.0456. The second-order valence-electron chi connectivity index (χ2n) is 7.51. The summed E-state index contributed by atoms with van der Waals surface area (Å²) in [7, 11) is 0. The lowest BCUT2D eigenvalue weighted by Crippen LogP contribution is -2.42. The topological polar surface area (TPSA) is 115 Å². The Kier molecular flexibility index (Phi) is 10.1. The van der Waals surface area contributed by atoms with E-state index in [2.05, 4.69) is 16.2 Å². The van der Waals surface area contributed by atoms with Crippen LogP contribution in [0.4, 0.5) is 5.69 Å². The van der Waals surface area contributed by atoms with Crippen molar-refractivity contribution in [3.63, 3.8) is 0 Å². The number of anilines is 1. The molecule has 3 N–H and O–H groups in total. The van der Waals surface area contributed by atoms with E-state index < -0.39 is 11.8 Å². The van der Waals surface area contributed by atoms with Crippen molar-refractivity contribution in [1.82, 2.24) is 10.9 Å². The van der Waals surface area contributed by atoms with E-state index in [9.17, 15) is 14.4 Å². The standard InChI is InChI=1S/C27H29N3O6/c1-2-34-22-14-12-20(13-15-22)28-25(31)16-17-26(32)29-30-27(33)23-10-6-7-11-24(23)36-19-18-35-21-8-4-3-5-9-21/h3-15H,2,16-19H2,1H3,(H,28,31)(H,29,32)(H,30,33). The Morgan fingerprint density at radius 1 is 0.667 bits per heavy atom. The zero-order chi connectivity index (χ0) is 25.6. The second-order valence-corrected chi connectivity index (χ2v) is 7.51. The molecular formula is C27H29N3O6. The van der Waals surface area contributed by atoms with Crippen molar-refractivity contribution in [2.75, 3.05) is 25.1 Å². The third kappa shape index (κ3) is 8.68. The predicted molar refractivity (Wildman–Crippen MR) is 135 cm³/mol. The maximum Gasteiger partial charge on any atom is 0.273 e. The number of para-hydroxylation sites is 2. The highest BCUT2D eigenvalue weighted by atomic mass is 16.5. The van der Waals surface area contributed by atoms with Gasteiger partial charge in [0.05, 0.1) is 12.2 Å². The minimum atomic E-state index is -0.540. The number of rotatable bonds is 12. The van der Waals surface area contributed by atoms with Gasteiger partial charge in [0, 0.05) is 18.5 Å². The largest absolute Gasteiger partial charge is 0.494 e. The summed E-state index contributed by atoms with van der Waals surface area (Å²) in [6, 6.07) is 22.9. The van der Waals surface area contributed by atoms with Crippen molar-refractivity contribution >= 4 is 23.4 Å². The van der Waals surface area contributed by atoms with Crippen LogP contribution in [0.3, 0.4) is 0 Å². The van der Waals surface area contributed by atoms with Gasteiger partial charge in [0.15, 0.2) is 0 Å². The zero-order valence-corrected chi connectivity index (χ0v) is 20.0. The van der Waals surface area contributed by atoms with Crippen LogP contribution in [0.5, 0.6) is 17.2 Å². The first-order valence-corrected chi connectivity index (χ1v) is 11.6. The molecule has 0 fully saturated rings. The van der Waals surface area contributed by atoms with Gasteiger partial charge in [-0.15, -0.1) is 0 Å². The molecule has 0 spiro atoms. The normalized spacial score (nSPS) is 10.1. The summed E-state index contributed by atoms with van der Waals surface area (Å²) >= 11 is 0. The number of hydrogen-bond donors (Lipinski definition) is 3. The molecule has 0 aliphatic heterocycles. The fraction of sp³-hybridized carbons (Fsp3) is 0.222. The van der Waals surface area contributed by atoms with E-state index in [1.807, 2.05) is 37.3 Å². The van der Waals surface area contributed by atoms with E-state index in [1.54, 1.807) is 48.5 Å². The molecule has 9 heteroatoms. The van der Waals surface area contributed by atoms with Crippen molar-refractivity contribution in [2.45, 2.75) is 19.8 Å². The lowest BCUT2D eigenvalue weighted by molar-refractivity contribution is -0.124. The number of carbonyl (C=O) groups is 3. The molecule has 188 valence electrons. The molecule has 0 unspecified atom stereocenters. The number of hydrazine groups is 1. The van der Waals surface area contributed by atoms with Crippen LogP contribution >= 0.6 is 0 Å². The summed E-state index contributed by atoms with van der Waals surface area (Å²) in [6.45, 7) is 2.98. The van der Waals surface area contributed by atoms with Gasteiger partial charge in [-0.25, -0.2) is 0 Å². The monoisotopic (exact) mass is 491 g/mol. The van der Waals surface area contributed by atoms with E-state index >= 15 is 0 Å². The summed E-state index contributed by atoms with van der Waals surface area (Å²) in [5.74, 6) is 0.426. The maximum atomic E-state index is 12.6. The van der Waals surface area contributed by atoms with Gasteiger partial charge >= 0.3 is 0 Å². The second kappa shape index (κ2) is 14.0. The van der Waals surface area contributed by atoms with Crippen LogP contribution in [0.15, 0.2) is 78.9 Å². The smallest absolute Gasteiger partial charge is 0.273 e. The molecule has 0 atom stereocenters. The van der Waals surface area contributed by atoms with Gasteiger partial charge in [0.1, 0.15) is 30.5 Å². The van der Waals surface area contributed by atoms with E-state index in [4.69, 9.17) is 14.2 Å². The van der Waals surface area contributed by atoms with Crippen LogP contribution in [0.25, 0.3) is 0 Å². The molecule has 9 nitrogen and oxygen atoms in total. The maximum absolute atomic E-state index is 12.6.